The minimum atomic E-state index is -1.01. The monoisotopic (exact) mass is 645 g/mol. The van der Waals surface area contributed by atoms with Gasteiger partial charge in [-0.05, 0) is 66.8 Å². The topological polar surface area (TPSA) is 121 Å². The van der Waals surface area contributed by atoms with Gasteiger partial charge in [-0.2, -0.15) is 0 Å². The Morgan fingerprint density at radius 1 is 1.00 bits per heavy atom. The van der Waals surface area contributed by atoms with Crippen LogP contribution in [0.4, 0.5) is 13.2 Å². The van der Waals surface area contributed by atoms with Gasteiger partial charge in [0, 0.05) is 30.5 Å². The van der Waals surface area contributed by atoms with Gasteiger partial charge in [0.15, 0.2) is 11.6 Å². The zero-order chi connectivity index (χ0) is 32.1. The van der Waals surface area contributed by atoms with Crippen molar-refractivity contribution in [1.82, 2.24) is 25.4 Å². The van der Waals surface area contributed by atoms with E-state index < -0.39 is 29.7 Å². The molecule has 9 nitrogen and oxygen atoms in total. The molecule has 3 aromatic heterocycles. The molecule has 2 atom stereocenters. The van der Waals surface area contributed by atoms with Gasteiger partial charge in [-0.25, -0.2) is 13.2 Å². The van der Waals surface area contributed by atoms with Crippen LogP contribution in [0.2, 0.25) is 0 Å². The first kappa shape index (κ1) is 29.8. The van der Waals surface area contributed by atoms with Crippen molar-refractivity contribution in [3.8, 4) is 21.9 Å². The summed E-state index contributed by atoms with van der Waals surface area (Å²) in [5.41, 5.74) is 3.47. The zero-order valence-electron chi connectivity index (χ0n) is 24.4. The number of aryl methyl sites for hydroxylation is 3. The molecule has 0 aliphatic carbocycles. The smallest absolute Gasteiger partial charge is 0.261 e. The number of hydrogen-bond donors (Lipinski definition) is 2. The van der Waals surface area contributed by atoms with E-state index >= 15 is 0 Å². The molecule has 0 bridgehead atoms. The maximum atomic E-state index is 13.9. The summed E-state index contributed by atoms with van der Waals surface area (Å²) in [5.74, 6) is -2.62. The van der Waals surface area contributed by atoms with E-state index in [2.05, 4.69) is 15.5 Å². The van der Waals surface area contributed by atoms with Gasteiger partial charge in [-0.1, -0.05) is 18.2 Å². The number of carbonyl (C=O) groups is 2. The molecular weight excluding hydrogens is 619 g/mol. The first-order chi connectivity index (χ1) is 22.2. The number of amides is 2. The van der Waals surface area contributed by atoms with Crippen molar-refractivity contribution in [2.45, 2.75) is 44.9 Å². The number of nitrogens with zero attached hydrogens (tertiary/aromatic N) is 4. The summed E-state index contributed by atoms with van der Waals surface area (Å²) in [6.45, 7) is 1.98. The van der Waals surface area contributed by atoms with E-state index in [-0.39, 0.29) is 24.2 Å². The molecule has 13 heteroatoms. The number of carbonyl (C=O) groups excluding carboxylic acids is 2. The van der Waals surface area contributed by atoms with Crippen LogP contribution in [0.25, 0.3) is 21.9 Å². The second-order valence-electron chi connectivity index (χ2n) is 11.2. The van der Waals surface area contributed by atoms with Gasteiger partial charge in [0.1, 0.15) is 11.9 Å². The van der Waals surface area contributed by atoms with E-state index in [4.69, 9.17) is 9.40 Å². The van der Waals surface area contributed by atoms with Crippen molar-refractivity contribution >= 4 is 23.2 Å². The highest BCUT2D eigenvalue weighted by molar-refractivity contribution is 7.17. The Balaban J connectivity index is 1.32. The van der Waals surface area contributed by atoms with Crippen molar-refractivity contribution in [3.05, 3.63) is 111 Å². The minimum absolute atomic E-state index is 0.0268. The van der Waals surface area contributed by atoms with Gasteiger partial charge in [0.25, 0.3) is 11.8 Å². The number of hydrogen-bond acceptors (Lipinski definition) is 8. The second kappa shape index (κ2) is 11.8. The van der Waals surface area contributed by atoms with E-state index in [1.54, 1.807) is 36.1 Å². The van der Waals surface area contributed by atoms with Crippen LogP contribution < -0.4 is 5.32 Å². The number of nitrogens with one attached hydrogen (secondary N) is 1. The fourth-order valence-electron chi connectivity index (χ4n) is 6.04. The molecule has 46 heavy (non-hydrogen) atoms. The molecule has 7 rings (SSSR count). The molecule has 5 aromatic rings. The minimum Gasteiger partial charge on any atom is -0.421 e. The number of aliphatic hydroxyl groups is 1. The van der Waals surface area contributed by atoms with Gasteiger partial charge in [0.05, 0.1) is 33.5 Å². The van der Waals surface area contributed by atoms with Crippen molar-refractivity contribution < 1.29 is 32.3 Å². The molecule has 2 aliphatic heterocycles. The third-order valence-corrected chi connectivity index (χ3v) is 9.34. The SMILES string of the molecule is Cc1nnc(-c2c(CCc3ccc(F)cc3)nc3c(c2-c2ccc(C(=O)NCc4ccc(F)c(F)c4)s2)C(=O)N2CC[C@@H](O)[C@@H]32)o1. The molecule has 1 saturated heterocycles. The molecule has 1 fully saturated rings. The summed E-state index contributed by atoms with van der Waals surface area (Å²) in [6, 6.07) is 12.3. The van der Waals surface area contributed by atoms with Crippen molar-refractivity contribution in [2.75, 3.05) is 6.54 Å². The van der Waals surface area contributed by atoms with Gasteiger partial charge in [-0.15, -0.1) is 21.5 Å². The van der Waals surface area contributed by atoms with Crippen LogP contribution in [0.1, 0.15) is 60.9 Å². The van der Waals surface area contributed by atoms with Crippen LogP contribution in [0.3, 0.4) is 0 Å². The Hall–Kier alpha value is -4.88. The highest BCUT2D eigenvalue weighted by Gasteiger charge is 2.49. The molecular formula is C33H26F3N5O4S. The van der Waals surface area contributed by atoms with Crippen LogP contribution in [-0.2, 0) is 19.4 Å². The maximum absolute atomic E-state index is 13.9. The standard InChI is InChI=1S/C33H26F3N5O4S/c1-16-39-40-32(45-16)26-22(9-5-17-2-6-19(34)7-3-17)38-29-28(33(44)41-13-12-23(42)30(29)41)27(26)24-10-11-25(46-24)31(43)37-15-18-4-8-20(35)21(36)14-18/h2-4,6-8,10-11,14,23,30,42H,5,9,12-13,15H2,1H3,(H,37,43)/t23-,30+/m1/s1. The lowest BCUT2D eigenvalue weighted by atomic mass is 9.92. The number of halogens is 3. The average molecular weight is 646 g/mol. The second-order valence-corrected chi connectivity index (χ2v) is 12.3. The molecule has 0 saturated carbocycles. The molecule has 0 spiro atoms. The highest BCUT2D eigenvalue weighted by Crippen LogP contribution is 2.49. The maximum Gasteiger partial charge on any atom is 0.261 e. The first-order valence-electron chi connectivity index (χ1n) is 14.6. The summed E-state index contributed by atoms with van der Waals surface area (Å²) in [6.07, 6.45) is 0.475. The lowest BCUT2D eigenvalue weighted by Gasteiger charge is -2.18. The van der Waals surface area contributed by atoms with Crippen molar-refractivity contribution in [2.24, 2.45) is 0 Å². The molecule has 0 radical (unpaired) electrons. The van der Waals surface area contributed by atoms with E-state index in [9.17, 15) is 27.9 Å². The third kappa shape index (κ3) is 5.35. The molecule has 2 aromatic carbocycles. The van der Waals surface area contributed by atoms with Gasteiger partial charge >= 0.3 is 0 Å². The zero-order valence-corrected chi connectivity index (χ0v) is 25.2. The summed E-state index contributed by atoms with van der Waals surface area (Å²) >= 11 is 1.13. The summed E-state index contributed by atoms with van der Waals surface area (Å²) in [4.78, 5) is 34.5. The van der Waals surface area contributed by atoms with Crippen molar-refractivity contribution in [3.63, 3.8) is 0 Å². The van der Waals surface area contributed by atoms with Crippen LogP contribution in [0.15, 0.2) is 59.0 Å². The molecule has 0 unspecified atom stereocenters. The quantitative estimate of drug-likeness (QED) is 0.227. The molecule has 2 aliphatic rings. The lowest BCUT2D eigenvalue weighted by molar-refractivity contribution is 0.0699. The van der Waals surface area contributed by atoms with E-state index in [1.165, 1.54) is 18.2 Å². The number of rotatable bonds is 8. The van der Waals surface area contributed by atoms with Crippen molar-refractivity contribution in [1.29, 1.82) is 0 Å². The van der Waals surface area contributed by atoms with Crippen LogP contribution in [0, 0.1) is 24.4 Å². The summed E-state index contributed by atoms with van der Waals surface area (Å²) in [5, 5.41) is 21.9. The number of benzene rings is 2. The number of aromatic nitrogens is 3. The molecule has 234 valence electrons. The predicted molar refractivity (Wildman–Crippen MR) is 161 cm³/mol. The normalized spacial score (nSPS) is 17.0. The average Bonchev–Trinajstić information content (AvgIpc) is 3.84. The Bertz CT molecular complexity index is 1990. The Kier molecular flexibility index (Phi) is 7.65. The van der Waals surface area contributed by atoms with Gasteiger partial charge < -0.3 is 19.7 Å². The fourth-order valence-corrected chi connectivity index (χ4v) is 7.02. The fraction of sp³-hybridized carbons (Fsp3) is 0.242. The van der Waals surface area contributed by atoms with E-state index in [0.29, 0.717) is 75.1 Å². The Morgan fingerprint density at radius 2 is 1.78 bits per heavy atom. The van der Waals surface area contributed by atoms with E-state index in [0.717, 1.165) is 29.0 Å². The number of pyridine rings is 1. The Labute approximate surface area is 264 Å². The Morgan fingerprint density at radius 3 is 2.52 bits per heavy atom. The van der Waals surface area contributed by atoms with Gasteiger partial charge in [0.2, 0.25) is 11.8 Å². The van der Waals surface area contributed by atoms with Crippen LogP contribution in [-0.4, -0.2) is 49.7 Å². The summed E-state index contributed by atoms with van der Waals surface area (Å²) < 4.78 is 46.5. The van der Waals surface area contributed by atoms with Crippen LogP contribution >= 0.6 is 11.3 Å². The predicted octanol–water partition coefficient (Wildman–Crippen LogP) is 5.56. The number of thiophene rings is 1. The van der Waals surface area contributed by atoms with E-state index in [1.807, 2.05) is 0 Å². The molecule has 2 amide bonds. The highest BCUT2D eigenvalue weighted by atomic mass is 32.1. The number of fused-ring (bicyclic) bond motifs is 3. The lowest BCUT2D eigenvalue weighted by Crippen LogP contribution is -2.25. The summed E-state index contributed by atoms with van der Waals surface area (Å²) in [7, 11) is 0. The van der Waals surface area contributed by atoms with Gasteiger partial charge in [-0.3, -0.25) is 14.6 Å². The molecule has 5 heterocycles. The largest absolute Gasteiger partial charge is 0.421 e. The molecule has 2 N–H and O–H groups in total. The first-order valence-corrected chi connectivity index (χ1v) is 15.4. The van der Waals surface area contributed by atoms with Crippen LogP contribution in [0.5, 0.6) is 0 Å². The third-order valence-electron chi connectivity index (χ3n) is 8.24. The number of aliphatic hydroxyl groups excluding tert-OH is 1.